The van der Waals surface area contributed by atoms with Gasteiger partial charge in [-0.05, 0) is 22.3 Å². The smallest absolute Gasteiger partial charge is 0.0477 e. The van der Waals surface area contributed by atoms with E-state index in [2.05, 4.69) is 36.4 Å². The van der Waals surface area contributed by atoms with Crippen LogP contribution in [-0.4, -0.2) is 0 Å². The van der Waals surface area contributed by atoms with Crippen molar-refractivity contribution in [3.63, 3.8) is 0 Å². The van der Waals surface area contributed by atoms with Crippen molar-refractivity contribution in [1.29, 1.82) is 0 Å². The molecule has 0 N–H and O–H groups in total. The normalized spacial score (nSPS) is 10.6. The van der Waals surface area contributed by atoms with Crippen LogP contribution in [0.2, 0.25) is 0 Å². The average Bonchev–Trinajstić information content (AvgIpc) is 2.48. The van der Waals surface area contributed by atoms with Crippen molar-refractivity contribution in [3.05, 3.63) is 70.8 Å². The van der Waals surface area contributed by atoms with Gasteiger partial charge in [-0.3, -0.25) is 0 Å². The third kappa shape index (κ3) is 4.17. The fourth-order valence-corrected chi connectivity index (χ4v) is 3.55. The van der Waals surface area contributed by atoms with Gasteiger partial charge in [0, 0.05) is 23.3 Å². The van der Waals surface area contributed by atoms with Gasteiger partial charge in [-0.1, -0.05) is 48.5 Å². The predicted octanol–water partition coefficient (Wildman–Crippen LogP) is 5.60. The molecule has 0 atom stereocenters. The van der Waals surface area contributed by atoms with E-state index in [-0.39, 0.29) is 0 Å². The lowest BCUT2D eigenvalue weighted by Crippen LogP contribution is -1.92. The fraction of sp³-hybridized carbons (Fsp3) is 0.250. The van der Waals surface area contributed by atoms with Crippen LogP contribution in [0.4, 0.5) is 0 Å². The zero-order chi connectivity index (χ0) is 13.5. The van der Waals surface area contributed by atoms with Crippen molar-refractivity contribution >= 4 is 35.0 Å². The highest BCUT2D eigenvalue weighted by Crippen LogP contribution is 2.23. The molecule has 0 spiro atoms. The van der Waals surface area contributed by atoms with Gasteiger partial charge in [0.25, 0.3) is 0 Å². The maximum atomic E-state index is 5.95. The molecule has 0 nitrogen and oxygen atoms in total. The number of thioether (sulfide) groups is 1. The van der Waals surface area contributed by atoms with E-state index in [0.29, 0.717) is 11.8 Å². The first kappa shape index (κ1) is 14.8. The molecule has 0 aliphatic heterocycles. The second-order valence-electron chi connectivity index (χ2n) is 4.30. The summed E-state index contributed by atoms with van der Waals surface area (Å²) in [5, 5.41) is 0. The zero-order valence-corrected chi connectivity index (χ0v) is 12.9. The quantitative estimate of drug-likeness (QED) is 0.626. The molecule has 0 aliphatic rings. The topological polar surface area (TPSA) is 0 Å². The van der Waals surface area contributed by atoms with Crippen molar-refractivity contribution in [2.24, 2.45) is 0 Å². The Morgan fingerprint density at radius 1 is 0.632 bits per heavy atom. The Kier molecular flexibility index (Phi) is 6.09. The van der Waals surface area contributed by atoms with Gasteiger partial charge >= 0.3 is 0 Å². The van der Waals surface area contributed by atoms with Crippen LogP contribution in [0.1, 0.15) is 22.3 Å². The number of rotatable bonds is 6. The molecule has 0 heterocycles. The number of halogens is 2. The molecule has 0 radical (unpaired) electrons. The van der Waals surface area contributed by atoms with E-state index in [0.717, 1.165) is 11.5 Å². The molecular weight excluding hydrogens is 295 g/mol. The molecule has 0 saturated heterocycles. The van der Waals surface area contributed by atoms with E-state index in [9.17, 15) is 0 Å². The summed E-state index contributed by atoms with van der Waals surface area (Å²) in [6, 6.07) is 16.7. The van der Waals surface area contributed by atoms with Crippen LogP contribution in [0.25, 0.3) is 0 Å². The number of hydrogen-bond donors (Lipinski definition) is 0. The lowest BCUT2D eigenvalue weighted by molar-refractivity contribution is 1.25. The highest BCUT2D eigenvalue weighted by Gasteiger charge is 2.03. The van der Waals surface area contributed by atoms with Gasteiger partial charge in [0.2, 0.25) is 0 Å². The maximum Gasteiger partial charge on any atom is 0.0477 e. The molecule has 2 rings (SSSR count). The zero-order valence-electron chi connectivity index (χ0n) is 10.6. The van der Waals surface area contributed by atoms with Gasteiger partial charge in [-0.2, -0.15) is 11.8 Å². The molecule has 0 aromatic heterocycles. The van der Waals surface area contributed by atoms with Crippen molar-refractivity contribution in [2.75, 3.05) is 0 Å². The average molecular weight is 311 g/mol. The molecule has 0 aliphatic carbocycles. The fourth-order valence-electron chi connectivity index (χ4n) is 1.93. The van der Waals surface area contributed by atoms with Gasteiger partial charge in [0.1, 0.15) is 0 Å². The van der Waals surface area contributed by atoms with Crippen LogP contribution >= 0.6 is 35.0 Å². The summed E-state index contributed by atoms with van der Waals surface area (Å²) in [6.45, 7) is 0. The Morgan fingerprint density at radius 2 is 1.00 bits per heavy atom. The minimum absolute atomic E-state index is 0.578. The Bertz CT molecular complexity index is 478. The summed E-state index contributed by atoms with van der Waals surface area (Å²) in [5.41, 5.74) is 5.10. The molecular formula is C16H16Cl2S. The van der Waals surface area contributed by atoms with Gasteiger partial charge in [-0.15, -0.1) is 23.2 Å². The molecule has 0 amide bonds. The first-order chi connectivity index (χ1) is 9.35. The summed E-state index contributed by atoms with van der Waals surface area (Å²) < 4.78 is 0. The van der Waals surface area contributed by atoms with Gasteiger partial charge in [-0.25, -0.2) is 0 Å². The van der Waals surface area contributed by atoms with Crippen LogP contribution in [0, 0.1) is 0 Å². The summed E-state index contributed by atoms with van der Waals surface area (Å²) in [5.74, 6) is 3.13. The molecule has 0 saturated carbocycles. The summed E-state index contributed by atoms with van der Waals surface area (Å²) in [4.78, 5) is 0. The third-order valence-corrected chi connectivity index (χ3v) is 4.65. The first-order valence-electron chi connectivity index (χ1n) is 6.18. The second kappa shape index (κ2) is 7.84. The molecule has 0 fully saturated rings. The van der Waals surface area contributed by atoms with Crippen LogP contribution < -0.4 is 0 Å². The van der Waals surface area contributed by atoms with E-state index >= 15 is 0 Å². The lowest BCUT2D eigenvalue weighted by Gasteiger charge is -2.09. The minimum atomic E-state index is 0.578. The van der Waals surface area contributed by atoms with E-state index in [1.807, 2.05) is 23.9 Å². The highest BCUT2D eigenvalue weighted by atomic mass is 35.5. The molecule has 3 heteroatoms. The highest BCUT2D eigenvalue weighted by molar-refractivity contribution is 7.97. The number of alkyl halides is 2. The van der Waals surface area contributed by atoms with E-state index in [4.69, 9.17) is 23.2 Å². The minimum Gasteiger partial charge on any atom is -0.152 e. The van der Waals surface area contributed by atoms with E-state index in [1.54, 1.807) is 0 Å². The van der Waals surface area contributed by atoms with E-state index in [1.165, 1.54) is 22.3 Å². The molecule has 100 valence electrons. The van der Waals surface area contributed by atoms with Gasteiger partial charge in [0.15, 0.2) is 0 Å². The molecule has 2 aromatic carbocycles. The monoisotopic (exact) mass is 310 g/mol. The first-order valence-corrected chi connectivity index (χ1v) is 8.40. The van der Waals surface area contributed by atoms with Crippen molar-refractivity contribution < 1.29 is 0 Å². The Labute approximate surface area is 129 Å². The third-order valence-electron chi connectivity index (χ3n) is 3.04. The number of benzene rings is 2. The SMILES string of the molecule is ClCc1ccccc1CSCc1ccccc1CCl. The van der Waals surface area contributed by atoms with Crippen LogP contribution in [-0.2, 0) is 23.3 Å². The Hall–Kier alpha value is -0.630. The van der Waals surface area contributed by atoms with Crippen LogP contribution in [0.15, 0.2) is 48.5 Å². The van der Waals surface area contributed by atoms with Gasteiger partial charge < -0.3 is 0 Å². The summed E-state index contributed by atoms with van der Waals surface area (Å²) >= 11 is 13.8. The Balaban J connectivity index is 1.96. The molecule has 2 aromatic rings. The molecule has 0 bridgehead atoms. The van der Waals surface area contributed by atoms with Crippen LogP contribution in [0.3, 0.4) is 0 Å². The summed E-state index contributed by atoms with van der Waals surface area (Å²) in [7, 11) is 0. The van der Waals surface area contributed by atoms with Crippen molar-refractivity contribution in [3.8, 4) is 0 Å². The lowest BCUT2D eigenvalue weighted by atomic mass is 10.1. The van der Waals surface area contributed by atoms with Crippen LogP contribution in [0.5, 0.6) is 0 Å². The van der Waals surface area contributed by atoms with Crippen molar-refractivity contribution in [2.45, 2.75) is 23.3 Å². The molecule has 0 unspecified atom stereocenters. The van der Waals surface area contributed by atoms with Gasteiger partial charge in [0.05, 0.1) is 0 Å². The summed E-state index contributed by atoms with van der Waals surface area (Å²) in [6.07, 6.45) is 0. The number of hydrogen-bond acceptors (Lipinski definition) is 1. The molecule has 19 heavy (non-hydrogen) atoms. The maximum absolute atomic E-state index is 5.95. The van der Waals surface area contributed by atoms with E-state index < -0.39 is 0 Å². The predicted molar refractivity (Wildman–Crippen MR) is 87.0 cm³/mol. The second-order valence-corrected chi connectivity index (χ2v) is 5.82. The van der Waals surface area contributed by atoms with Crippen molar-refractivity contribution in [1.82, 2.24) is 0 Å². The Morgan fingerprint density at radius 3 is 1.37 bits per heavy atom. The largest absolute Gasteiger partial charge is 0.152 e. The standard InChI is InChI=1S/C16H16Cl2S/c17-9-13-5-1-3-7-15(13)11-19-12-16-8-4-2-6-14(16)10-18/h1-8H,9-12H2.